The van der Waals surface area contributed by atoms with Crippen LogP contribution in [-0.2, 0) is 0 Å². The van der Waals surface area contributed by atoms with Crippen LogP contribution in [0.1, 0.15) is 28.4 Å². The van der Waals surface area contributed by atoms with Crippen LogP contribution >= 0.6 is 11.6 Å². The van der Waals surface area contributed by atoms with Crippen molar-refractivity contribution in [3.05, 3.63) is 63.9 Å². The van der Waals surface area contributed by atoms with Crippen molar-refractivity contribution in [2.24, 2.45) is 0 Å². The third-order valence-electron chi connectivity index (χ3n) is 3.10. The Bertz CT molecular complexity index is 535. The van der Waals surface area contributed by atoms with E-state index in [1.165, 1.54) is 11.1 Å². The first kappa shape index (κ1) is 13.1. The summed E-state index contributed by atoms with van der Waals surface area (Å²) in [6, 6.07) is 10.3. The molecule has 0 saturated carbocycles. The number of rotatable bonds is 3. The summed E-state index contributed by atoms with van der Waals surface area (Å²) in [5.41, 5.74) is 4.60. The second kappa shape index (κ2) is 5.51. The first-order valence-electron chi connectivity index (χ1n) is 5.97. The van der Waals surface area contributed by atoms with Crippen molar-refractivity contribution in [2.75, 3.05) is 7.05 Å². The minimum atomic E-state index is 0.148. The van der Waals surface area contributed by atoms with E-state index in [-0.39, 0.29) is 6.04 Å². The number of hydrogen-bond donors (Lipinski definition) is 1. The van der Waals surface area contributed by atoms with E-state index in [0.717, 1.165) is 16.3 Å². The minimum absolute atomic E-state index is 0.148. The molecule has 0 aliphatic rings. The van der Waals surface area contributed by atoms with Gasteiger partial charge in [-0.05, 0) is 55.8 Å². The molecule has 94 valence electrons. The Morgan fingerprint density at radius 3 is 2.50 bits per heavy atom. The SMILES string of the molecule is CNC(c1ccc(C)nc1)c1ccc(Cl)cc1C. The summed E-state index contributed by atoms with van der Waals surface area (Å²) in [4.78, 5) is 4.35. The second-order valence-electron chi connectivity index (χ2n) is 4.46. The largest absolute Gasteiger partial charge is 0.309 e. The van der Waals surface area contributed by atoms with Gasteiger partial charge in [0, 0.05) is 16.9 Å². The van der Waals surface area contributed by atoms with E-state index in [0.29, 0.717) is 0 Å². The molecular weight excluding hydrogens is 244 g/mol. The van der Waals surface area contributed by atoms with Crippen molar-refractivity contribution in [2.45, 2.75) is 19.9 Å². The molecule has 2 aromatic rings. The van der Waals surface area contributed by atoms with E-state index in [1.54, 1.807) is 0 Å². The normalized spacial score (nSPS) is 12.4. The predicted molar refractivity (Wildman–Crippen MR) is 76.1 cm³/mol. The third kappa shape index (κ3) is 2.71. The fourth-order valence-corrected chi connectivity index (χ4v) is 2.34. The van der Waals surface area contributed by atoms with Crippen LogP contribution in [0.15, 0.2) is 36.5 Å². The lowest BCUT2D eigenvalue weighted by Gasteiger charge is -2.19. The first-order chi connectivity index (χ1) is 8.61. The Hall–Kier alpha value is -1.38. The Morgan fingerprint density at radius 1 is 1.17 bits per heavy atom. The Kier molecular flexibility index (Phi) is 4.00. The zero-order chi connectivity index (χ0) is 13.1. The van der Waals surface area contributed by atoms with Crippen LogP contribution < -0.4 is 5.32 Å². The lowest BCUT2D eigenvalue weighted by Crippen LogP contribution is -2.18. The molecule has 0 radical (unpaired) electrons. The molecule has 1 heterocycles. The van der Waals surface area contributed by atoms with Crippen LogP contribution in [-0.4, -0.2) is 12.0 Å². The number of benzene rings is 1. The van der Waals surface area contributed by atoms with Crippen LogP contribution in [0.2, 0.25) is 5.02 Å². The average Bonchev–Trinajstić information content (AvgIpc) is 2.35. The molecule has 1 N–H and O–H groups in total. The Balaban J connectivity index is 2.41. The van der Waals surface area contributed by atoms with Crippen LogP contribution in [0, 0.1) is 13.8 Å². The third-order valence-corrected chi connectivity index (χ3v) is 3.33. The highest BCUT2D eigenvalue weighted by molar-refractivity contribution is 6.30. The molecule has 1 aromatic carbocycles. The van der Waals surface area contributed by atoms with Crippen molar-refractivity contribution in [3.8, 4) is 0 Å². The maximum atomic E-state index is 6.00. The van der Waals surface area contributed by atoms with Crippen LogP contribution in [0.4, 0.5) is 0 Å². The van der Waals surface area contributed by atoms with Crippen molar-refractivity contribution >= 4 is 11.6 Å². The quantitative estimate of drug-likeness (QED) is 0.911. The standard InChI is InChI=1S/C15H17ClN2/c1-10-8-13(16)6-7-14(10)15(17-3)12-5-4-11(2)18-9-12/h4-9,15,17H,1-3H3. The van der Waals surface area contributed by atoms with Crippen LogP contribution in [0.3, 0.4) is 0 Å². The molecule has 0 aliphatic heterocycles. The molecule has 0 fully saturated rings. The van der Waals surface area contributed by atoms with E-state index in [2.05, 4.69) is 29.4 Å². The van der Waals surface area contributed by atoms with Gasteiger partial charge in [-0.25, -0.2) is 0 Å². The number of aromatic nitrogens is 1. The average molecular weight is 261 g/mol. The molecule has 1 unspecified atom stereocenters. The second-order valence-corrected chi connectivity index (χ2v) is 4.89. The van der Waals surface area contributed by atoms with Crippen molar-refractivity contribution in [1.29, 1.82) is 0 Å². The Labute approximate surface area is 113 Å². The molecule has 1 aromatic heterocycles. The van der Waals surface area contributed by atoms with Gasteiger partial charge < -0.3 is 5.32 Å². The minimum Gasteiger partial charge on any atom is -0.309 e. The molecule has 0 aliphatic carbocycles. The van der Waals surface area contributed by atoms with Gasteiger partial charge in [0.25, 0.3) is 0 Å². The highest BCUT2D eigenvalue weighted by Crippen LogP contribution is 2.26. The summed E-state index contributed by atoms with van der Waals surface area (Å²) in [7, 11) is 1.96. The number of nitrogens with one attached hydrogen (secondary N) is 1. The van der Waals surface area contributed by atoms with Gasteiger partial charge in [0.1, 0.15) is 0 Å². The first-order valence-corrected chi connectivity index (χ1v) is 6.35. The predicted octanol–water partition coefficient (Wildman–Crippen LogP) is 3.66. The lowest BCUT2D eigenvalue weighted by atomic mass is 9.96. The van der Waals surface area contributed by atoms with Crippen molar-refractivity contribution in [1.82, 2.24) is 10.3 Å². The fraction of sp³-hybridized carbons (Fsp3) is 0.267. The molecule has 2 nitrogen and oxygen atoms in total. The van der Waals surface area contributed by atoms with Gasteiger partial charge in [-0.2, -0.15) is 0 Å². The van der Waals surface area contributed by atoms with Gasteiger partial charge in [0.05, 0.1) is 6.04 Å². The smallest absolute Gasteiger partial charge is 0.0592 e. The summed E-state index contributed by atoms with van der Waals surface area (Å²) in [6.45, 7) is 4.07. The maximum absolute atomic E-state index is 6.00. The molecule has 18 heavy (non-hydrogen) atoms. The van der Waals surface area contributed by atoms with Gasteiger partial charge in [0.2, 0.25) is 0 Å². The van der Waals surface area contributed by atoms with Gasteiger partial charge in [-0.15, -0.1) is 0 Å². The number of pyridine rings is 1. The number of halogens is 1. The Morgan fingerprint density at radius 2 is 1.94 bits per heavy atom. The van der Waals surface area contributed by atoms with Gasteiger partial charge in [0.15, 0.2) is 0 Å². The monoisotopic (exact) mass is 260 g/mol. The molecule has 3 heteroatoms. The van der Waals surface area contributed by atoms with Gasteiger partial charge in [-0.1, -0.05) is 23.7 Å². The molecule has 0 saturated heterocycles. The number of nitrogens with zero attached hydrogens (tertiary/aromatic N) is 1. The highest BCUT2D eigenvalue weighted by Gasteiger charge is 2.14. The van der Waals surface area contributed by atoms with E-state index < -0.39 is 0 Å². The zero-order valence-corrected chi connectivity index (χ0v) is 11.6. The van der Waals surface area contributed by atoms with Crippen LogP contribution in [0.5, 0.6) is 0 Å². The van der Waals surface area contributed by atoms with E-state index in [1.807, 2.05) is 38.4 Å². The van der Waals surface area contributed by atoms with Crippen molar-refractivity contribution < 1.29 is 0 Å². The zero-order valence-electron chi connectivity index (χ0n) is 10.9. The van der Waals surface area contributed by atoms with Crippen molar-refractivity contribution in [3.63, 3.8) is 0 Å². The topological polar surface area (TPSA) is 24.9 Å². The molecule has 1 atom stereocenters. The summed E-state index contributed by atoms with van der Waals surface area (Å²) in [5.74, 6) is 0. The molecule has 0 bridgehead atoms. The highest BCUT2D eigenvalue weighted by atomic mass is 35.5. The van der Waals surface area contributed by atoms with Gasteiger partial charge >= 0.3 is 0 Å². The molecule has 0 spiro atoms. The lowest BCUT2D eigenvalue weighted by molar-refractivity contribution is 0.684. The number of hydrogen-bond acceptors (Lipinski definition) is 2. The number of aryl methyl sites for hydroxylation is 2. The summed E-state index contributed by atoms with van der Waals surface area (Å²) in [5, 5.41) is 4.10. The summed E-state index contributed by atoms with van der Waals surface area (Å²) in [6.07, 6.45) is 1.92. The molecular formula is C15H17ClN2. The summed E-state index contributed by atoms with van der Waals surface area (Å²) < 4.78 is 0. The molecule has 2 rings (SSSR count). The van der Waals surface area contributed by atoms with Crippen LogP contribution in [0.25, 0.3) is 0 Å². The van der Waals surface area contributed by atoms with E-state index >= 15 is 0 Å². The maximum Gasteiger partial charge on any atom is 0.0592 e. The summed E-state index contributed by atoms with van der Waals surface area (Å²) >= 11 is 6.00. The van der Waals surface area contributed by atoms with E-state index in [4.69, 9.17) is 11.6 Å². The van der Waals surface area contributed by atoms with E-state index in [9.17, 15) is 0 Å². The van der Waals surface area contributed by atoms with Gasteiger partial charge in [-0.3, -0.25) is 4.98 Å². The molecule has 0 amide bonds. The fourth-order valence-electron chi connectivity index (χ4n) is 2.11.